The molecular weight excluding hydrogens is 291 g/mol. The number of esters is 1. The van der Waals surface area contributed by atoms with E-state index < -0.39 is 11.2 Å². The molecule has 0 aliphatic rings. The van der Waals surface area contributed by atoms with Crippen molar-refractivity contribution in [2.24, 2.45) is 0 Å². The molecule has 0 fully saturated rings. The Morgan fingerprint density at radius 3 is 2.56 bits per heavy atom. The van der Waals surface area contributed by atoms with E-state index in [0.29, 0.717) is 20.2 Å². The molecule has 0 amide bonds. The van der Waals surface area contributed by atoms with Gasteiger partial charge < -0.3 is 4.74 Å². The molecule has 3 nitrogen and oxygen atoms in total. The fourth-order valence-corrected chi connectivity index (χ4v) is 4.15. The zero-order valence-corrected chi connectivity index (χ0v) is 11.0. The normalized spacial score (nSPS) is 10.7. The molecule has 7 heteroatoms. The van der Waals surface area contributed by atoms with E-state index in [-0.39, 0.29) is 0 Å². The quantitative estimate of drug-likeness (QED) is 0.625. The average Bonchev–Trinajstić information content (AvgIpc) is 2.77. The zero-order chi connectivity index (χ0) is 11.9. The lowest BCUT2D eigenvalue weighted by Gasteiger charge is -1.92. The highest BCUT2D eigenvalue weighted by atomic mass is 35.5. The predicted octanol–water partition coefficient (Wildman–Crippen LogP) is 3.78. The molecule has 0 saturated heterocycles. The van der Waals surface area contributed by atoms with Crippen molar-refractivity contribution in [2.45, 2.75) is 0 Å². The molecule has 0 radical (unpaired) electrons. The van der Waals surface area contributed by atoms with Crippen molar-refractivity contribution in [1.82, 2.24) is 0 Å². The van der Waals surface area contributed by atoms with Crippen LogP contribution in [0.2, 0.25) is 5.02 Å². The summed E-state index contributed by atoms with van der Waals surface area (Å²) >= 11 is 13.7. The number of rotatable bonds is 2. The Bertz CT molecular complexity index is 585. The predicted molar refractivity (Wildman–Crippen MR) is 66.2 cm³/mol. The maximum atomic E-state index is 11.3. The molecule has 0 aliphatic heterocycles. The molecule has 16 heavy (non-hydrogen) atoms. The van der Waals surface area contributed by atoms with E-state index in [1.54, 1.807) is 6.07 Å². The SMILES string of the molecule is COC(=O)c1cc2c(Cl)c(C(=O)Cl)sc2s1. The third kappa shape index (κ3) is 1.84. The number of fused-ring (bicyclic) bond motifs is 1. The van der Waals surface area contributed by atoms with Crippen LogP contribution >= 0.6 is 45.9 Å². The molecule has 84 valence electrons. The van der Waals surface area contributed by atoms with Crippen LogP contribution in [0.25, 0.3) is 9.40 Å². The minimum absolute atomic E-state index is 0.298. The third-order valence-electron chi connectivity index (χ3n) is 1.89. The van der Waals surface area contributed by atoms with E-state index >= 15 is 0 Å². The Hall–Kier alpha value is -0.620. The van der Waals surface area contributed by atoms with E-state index in [9.17, 15) is 9.59 Å². The lowest BCUT2D eigenvalue weighted by Crippen LogP contribution is -1.96. The summed E-state index contributed by atoms with van der Waals surface area (Å²) in [6.07, 6.45) is 0. The van der Waals surface area contributed by atoms with Crippen molar-refractivity contribution in [3.05, 3.63) is 20.8 Å². The van der Waals surface area contributed by atoms with Crippen molar-refractivity contribution < 1.29 is 14.3 Å². The fraction of sp³-hybridized carbons (Fsp3) is 0.111. The first-order chi connectivity index (χ1) is 7.54. The number of ether oxygens (including phenoxy) is 1. The van der Waals surface area contributed by atoms with E-state index in [1.165, 1.54) is 29.8 Å². The van der Waals surface area contributed by atoms with Gasteiger partial charge in [0, 0.05) is 5.39 Å². The largest absolute Gasteiger partial charge is 0.465 e. The van der Waals surface area contributed by atoms with Crippen molar-refractivity contribution in [3.8, 4) is 0 Å². The molecule has 0 spiro atoms. The summed E-state index contributed by atoms with van der Waals surface area (Å²) in [5.74, 6) is -0.414. The van der Waals surface area contributed by atoms with Crippen LogP contribution in [-0.4, -0.2) is 18.3 Å². The van der Waals surface area contributed by atoms with Gasteiger partial charge in [-0.05, 0) is 17.7 Å². The molecule has 2 rings (SSSR count). The van der Waals surface area contributed by atoms with E-state index in [4.69, 9.17) is 23.2 Å². The van der Waals surface area contributed by atoms with Gasteiger partial charge in [-0.2, -0.15) is 0 Å². The van der Waals surface area contributed by atoms with Gasteiger partial charge in [-0.1, -0.05) is 11.6 Å². The van der Waals surface area contributed by atoms with Crippen molar-refractivity contribution in [1.29, 1.82) is 0 Å². The second-order valence-electron chi connectivity index (χ2n) is 2.82. The van der Waals surface area contributed by atoms with Gasteiger partial charge in [0.1, 0.15) is 9.75 Å². The number of thiophene rings is 2. The first-order valence-electron chi connectivity index (χ1n) is 4.04. The summed E-state index contributed by atoms with van der Waals surface area (Å²) in [7, 11) is 1.31. The van der Waals surface area contributed by atoms with Gasteiger partial charge in [-0.3, -0.25) is 4.79 Å². The topological polar surface area (TPSA) is 43.4 Å². The summed E-state index contributed by atoms with van der Waals surface area (Å²) in [5, 5.41) is 0.380. The molecule has 0 bridgehead atoms. The maximum Gasteiger partial charge on any atom is 0.348 e. The molecule has 2 aromatic rings. The Morgan fingerprint density at radius 2 is 2.06 bits per heavy atom. The lowest BCUT2D eigenvalue weighted by molar-refractivity contribution is 0.0606. The van der Waals surface area contributed by atoms with Crippen LogP contribution in [0.4, 0.5) is 0 Å². The average molecular weight is 295 g/mol. The lowest BCUT2D eigenvalue weighted by atomic mass is 10.3. The van der Waals surface area contributed by atoms with Gasteiger partial charge in [-0.15, -0.1) is 22.7 Å². The standard InChI is InChI=1S/C9H4Cl2O3S2/c1-14-8(13)4-2-3-5(10)6(7(11)12)16-9(3)15-4/h2H,1H3. The summed E-state index contributed by atoms with van der Waals surface area (Å²) in [4.78, 5) is 23.0. The molecule has 0 unspecified atom stereocenters. The number of carbonyl (C=O) groups excluding carboxylic acids is 2. The van der Waals surface area contributed by atoms with Gasteiger partial charge in [0.05, 0.1) is 16.1 Å². The number of carbonyl (C=O) groups is 2. The smallest absolute Gasteiger partial charge is 0.348 e. The van der Waals surface area contributed by atoms with Gasteiger partial charge >= 0.3 is 5.97 Å². The molecule has 2 aromatic heterocycles. The first kappa shape index (κ1) is 11.9. The second-order valence-corrected chi connectivity index (χ2v) is 5.87. The summed E-state index contributed by atoms with van der Waals surface area (Å²) in [5.41, 5.74) is 0. The highest BCUT2D eigenvalue weighted by Gasteiger charge is 2.20. The van der Waals surface area contributed by atoms with Crippen LogP contribution in [0.5, 0.6) is 0 Å². The number of halogens is 2. The second kappa shape index (κ2) is 4.33. The van der Waals surface area contributed by atoms with Crippen LogP contribution in [-0.2, 0) is 4.74 Å². The Balaban J connectivity index is 2.58. The van der Waals surface area contributed by atoms with Crippen molar-refractivity contribution >= 4 is 66.5 Å². The molecule has 0 N–H and O–H groups in total. The third-order valence-corrected chi connectivity index (χ3v) is 5.11. The highest BCUT2D eigenvalue weighted by molar-refractivity contribution is 7.40. The van der Waals surface area contributed by atoms with Crippen LogP contribution in [0.3, 0.4) is 0 Å². The molecule has 0 aliphatic carbocycles. The molecule has 0 aromatic carbocycles. The minimum Gasteiger partial charge on any atom is -0.465 e. The van der Waals surface area contributed by atoms with Crippen LogP contribution in [0.15, 0.2) is 6.07 Å². The zero-order valence-electron chi connectivity index (χ0n) is 7.87. The minimum atomic E-state index is -0.585. The summed E-state index contributed by atoms with van der Waals surface area (Å²) in [6, 6.07) is 1.61. The Kier molecular flexibility index (Phi) is 3.21. The number of hydrogen-bond acceptors (Lipinski definition) is 5. The molecule has 2 heterocycles. The van der Waals surface area contributed by atoms with Crippen LogP contribution in [0.1, 0.15) is 19.3 Å². The first-order valence-corrected chi connectivity index (χ1v) is 6.43. The van der Waals surface area contributed by atoms with E-state index in [0.717, 1.165) is 4.01 Å². The Morgan fingerprint density at radius 1 is 1.38 bits per heavy atom. The summed E-state index contributed by atoms with van der Waals surface area (Å²) < 4.78 is 5.38. The van der Waals surface area contributed by atoms with E-state index in [1.807, 2.05) is 0 Å². The van der Waals surface area contributed by atoms with Crippen LogP contribution in [0, 0.1) is 0 Å². The number of hydrogen-bond donors (Lipinski definition) is 0. The van der Waals surface area contributed by atoms with Crippen molar-refractivity contribution in [2.75, 3.05) is 7.11 Å². The molecule has 0 saturated carbocycles. The van der Waals surface area contributed by atoms with Gasteiger partial charge in [0.15, 0.2) is 0 Å². The van der Waals surface area contributed by atoms with Gasteiger partial charge in [-0.25, -0.2) is 4.79 Å². The summed E-state index contributed by atoms with van der Waals surface area (Å²) in [6.45, 7) is 0. The highest BCUT2D eigenvalue weighted by Crippen LogP contribution is 2.41. The maximum absolute atomic E-state index is 11.3. The van der Waals surface area contributed by atoms with Gasteiger partial charge in [0.25, 0.3) is 5.24 Å². The molecule has 0 atom stereocenters. The van der Waals surface area contributed by atoms with Gasteiger partial charge in [0.2, 0.25) is 0 Å². The van der Waals surface area contributed by atoms with Crippen LogP contribution < -0.4 is 0 Å². The molecular formula is C9H4Cl2O3S2. The van der Waals surface area contributed by atoms with Crippen molar-refractivity contribution in [3.63, 3.8) is 0 Å². The number of methoxy groups -OCH3 is 1. The monoisotopic (exact) mass is 294 g/mol. The van der Waals surface area contributed by atoms with E-state index in [2.05, 4.69) is 4.74 Å². The fourth-order valence-electron chi connectivity index (χ4n) is 1.19. The Labute approximate surface area is 109 Å².